The number of alkyl halides is 3. The molecule has 1 atom stereocenters. The number of nitrogens with zero attached hydrogens (tertiary/aromatic N) is 4. The lowest BCUT2D eigenvalue weighted by molar-refractivity contribution is -0.153. The highest BCUT2D eigenvalue weighted by Gasteiger charge is 2.37. The number of aromatic nitrogens is 3. The molecule has 36 heavy (non-hydrogen) atoms. The standard InChI is InChI=1S/C25H21Cl2F3N4O2/c1-33-14-31-12-20(33)25(35,15-3-6-17(26)7-4-15)16-5-8-19-18(11-16)21(27)22(36-13-24(28,29)30)23(32-19)34-9-2-10-34/h3-8,11-12,14,35H,2,9-10,13H2,1H3. The molecule has 2 aromatic carbocycles. The van der Waals surface area contributed by atoms with E-state index in [1.54, 1.807) is 66.6 Å². The summed E-state index contributed by atoms with van der Waals surface area (Å²) in [5.74, 6) is 0.143. The Kier molecular flexibility index (Phi) is 6.26. The van der Waals surface area contributed by atoms with Crippen LogP contribution in [0.2, 0.25) is 10.0 Å². The molecule has 1 aliphatic heterocycles. The zero-order valence-corrected chi connectivity index (χ0v) is 20.6. The summed E-state index contributed by atoms with van der Waals surface area (Å²) in [5.41, 5.74) is 0.205. The van der Waals surface area contributed by atoms with Crippen LogP contribution in [0.15, 0.2) is 55.0 Å². The van der Waals surface area contributed by atoms with E-state index >= 15 is 0 Å². The number of anilines is 1. The van der Waals surface area contributed by atoms with Crippen molar-refractivity contribution in [3.8, 4) is 5.75 Å². The van der Waals surface area contributed by atoms with E-state index in [0.29, 0.717) is 45.8 Å². The van der Waals surface area contributed by atoms with E-state index in [9.17, 15) is 18.3 Å². The maximum atomic E-state index is 13.0. The highest BCUT2D eigenvalue weighted by Crippen LogP contribution is 2.44. The summed E-state index contributed by atoms with van der Waals surface area (Å²) in [6, 6.07) is 11.7. The van der Waals surface area contributed by atoms with Crippen molar-refractivity contribution >= 4 is 39.9 Å². The Labute approximate surface area is 214 Å². The van der Waals surface area contributed by atoms with Crippen molar-refractivity contribution in [1.29, 1.82) is 0 Å². The molecule has 4 aromatic rings. The number of halogens is 5. The Morgan fingerprint density at radius 2 is 1.75 bits per heavy atom. The van der Waals surface area contributed by atoms with Crippen LogP contribution >= 0.6 is 23.2 Å². The molecule has 1 unspecified atom stereocenters. The summed E-state index contributed by atoms with van der Waals surface area (Å²) in [4.78, 5) is 10.6. The van der Waals surface area contributed by atoms with Crippen LogP contribution in [0, 0.1) is 0 Å². The number of ether oxygens (including phenoxy) is 1. The van der Waals surface area contributed by atoms with Crippen LogP contribution in [-0.2, 0) is 12.6 Å². The Morgan fingerprint density at radius 1 is 1.06 bits per heavy atom. The molecule has 3 heterocycles. The van der Waals surface area contributed by atoms with Gasteiger partial charge in [-0.3, -0.25) is 0 Å². The van der Waals surface area contributed by atoms with Crippen LogP contribution in [0.5, 0.6) is 5.75 Å². The van der Waals surface area contributed by atoms with Crippen LogP contribution < -0.4 is 9.64 Å². The van der Waals surface area contributed by atoms with Gasteiger partial charge in [0.25, 0.3) is 0 Å². The molecule has 0 saturated carbocycles. The van der Waals surface area contributed by atoms with Crippen molar-refractivity contribution in [3.05, 3.63) is 81.9 Å². The fourth-order valence-corrected chi connectivity index (χ4v) is 4.72. The molecule has 0 bridgehead atoms. The smallest absolute Gasteiger partial charge is 0.422 e. The first-order valence-electron chi connectivity index (χ1n) is 11.1. The lowest BCUT2D eigenvalue weighted by atomic mass is 9.83. The van der Waals surface area contributed by atoms with Crippen LogP contribution in [-0.4, -0.2) is 45.5 Å². The number of hydrogen-bond donors (Lipinski definition) is 1. The first-order chi connectivity index (χ1) is 17.1. The maximum Gasteiger partial charge on any atom is 0.422 e. The zero-order chi connectivity index (χ0) is 25.7. The van der Waals surface area contributed by atoms with Gasteiger partial charge in [-0.05, 0) is 41.8 Å². The average Bonchev–Trinajstić information content (AvgIpc) is 3.23. The number of aryl methyl sites for hydroxylation is 1. The summed E-state index contributed by atoms with van der Waals surface area (Å²) in [5, 5.41) is 13.0. The fourth-order valence-electron chi connectivity index (χ4n) is 4.30. The Hall–Kier alpha value is -3.01. The van der Waals surface area contributed by atoms with Crippen molar-refractivity contribution in [1.82, 2.24) is 14.5 Å². The molecule has 1 N–H and O–H groups in total. The van der Waals surface area contributed by atoms with E-state index < -0.39 is 18.4 Å². The Bertz CT molecular complexity index is 1420. The first kappa shape index (κ1) is 24.7. The van der Waals surface area contributed by atoms with Gasteiger partial charge in [0.05, 0.1) is 28.8 Å². The molecule has 0 amide bonds. The number of aliphatic hydroxyl groups is 1. The maximum absolute atomic E-state index is 13.0. The number of fused-ring (bicyclic) bond motifs is 1. The van der Waals surface area contributed by atoms with E-state index in [4.69, 9.17) is 27.9 Å². The molecular formula is C25H21Cl2F3N4O2. The number of rotatable bonds is 6. The summed E-state index contributed by atoms with van der Waals surface area (Å²) < 4.78 is 45.8. The van der Waals surface area contributed by atoms with Gasteiger partial charge in [0, 0.05) is 30.5 Å². The second kappa shape index (κ2) is 9.14. The van der Waals surface area contributed by atoms with Crippen molar-refractivity contribution in [2.45, 2.75) is 18.2 Å². The van der Waals surface area contributed by atoms with E-state index in [1.165, 1.54) is 0 Å². The molecule has 1 aliphatic rings. The Balaban J connectivity index is 1.70. The zero-order valence-electron chi connectivity index (χ0n) is 19.1. The summed E-state index contributed by atoms with van der Waals surface area (Å²) in [6.07, 6.45) is -0.535. The number of pyridine rings is 1. The highest BCUT2D eigenvalue weighted by molar-refractivity contribution is 6.37. The van der Waals surface area contributed by atoms with E-state index in [1.807, 2.05) is 4.90 Å². The monoisotopic (exact) mass is 536 g/mol. The van der Waals surface area contributed by atoms with E-state index in [-0.39, 0.29) is 16.6 Å². The molecule has 6 nitrogen and oxygen atoms in total. The van der Waals surface area contributed by atoms with Gasteiger partial charge >= 0.3 is 6.18 Å². The van der Waals surface area contributed by atoms with Crippen molar-refractivity contribution in [2.75, 3.05) is 24.6 Å². The molecule has 2 aromatic heterocycles. The number of hydrogen-bond acceptors (Lipinski definition) is 5. The van der Waals surface area contributed by atoms with Crippen molar-refractivity contribution < 1.29 is 23.0 Å². The fraction of sp³-hybridized carbons (Fsp3) is 0.280. The van der Waals surface area contributed by atoms with Crippen molar-refractivity contribution in [2.24, 2.45) is 7.05 Å². The molecule has 188 valence electrons. The second-order valence-electron chi connectivity index (χ2n) is 8.66. The van der Waals surface area contributed by atoms with Crippen LogP contribution in [0.3, 0.4) is 0 Å². The summed E-state index contributed by atoms with van der Waals surface area (Å²) >= 11 is 12.7. The topological polar surface area (TPSA) is 63.4 Å². The van der Waals surface area contributed by atoms with Gasteiger partial charge in [-0.25, -0.2) is 9.97 Å². The van der Waals surface area contributed by atoms with Gasteiger partial charge in [-0.2, -0.15) is 13.2 Å². The SMILES string of the molecule is Cn1cncc1C(O)(c1ccc(Cl)cc1)c1ccc2nc(N3CCC3)c(OCC(F)(F)F)c(Cl)c2c1. The largest absolute Gasteiger partial charge is 0.479 e. The lowest BCUT2D eigenvalue weighted by Crippen LogP contribution is -2.38. The molecule has 0 radical (unpaired) electrons. The van der Waals surface area contributed by atoms with Gasteiger partial charge in [0.1, 0.15) is 0 Å². The number of benzene rings is 2. The minimum Gasteiger partial charge on any atom is -0.479 e. The molecule has 1 saturated heterocycles. The molecule has 0 aliphatic carbocycles. The summed E-state index contributed by atoms with van der Waals surface area (Å²) in [6.45, 7) is -0.206. The normalized spacial score (nSPS) is 15.6. The third kappa shape index (κ3) is 4.36. The molecule has 1 fully saturated rings. The van der Waals surface area contributed by atoms with E-state index in [0.717, 1.165) is 6.42 Å². The van der Waals surface area contributed by atoms with Gasteiger partial charge in [-0.1, -0.05) is 41.4 Å². The van der Waals surface area contributed by atoms with Crippen LogP contribution in [0.25, 0.3) is 10.9 Å². The third-order valence-electron chi connectivity index (χ3n) is 6.26. The second-order valence-corrected chi connectivity index (χ2v) is 9.48. The predicted octanol–water partition coefficient (Wildman–Crippen LogP) is 5.71. The number of imidazole rings is 1. The van der Waals surface area contributed by atoms with E-state index in [2.05, 4.69) is 9.97 Å². The third-order valence-corrected chi connectivity index (χ3v) is 6.89. The molecule has 11 heteroatoms. The van der Waals surface area contributed by atoms with Crippen molar-refractivity contribution in [3.63, 3.8) is 0 Å². The highest BCUT2D eigenvalue weighted by atomic mass is 35.5. The molecular weight excluding hydrogens is 516 g/mol. The van der Waals surface area contributed by atoms with Gasteiger partial charge < -0.3 is 19.3 Å². The average molecular weight is 537 g/mol. The van der Waals surface area contributed by atoms with Crippen LogP contribution in [0.4, 0.5) is 19.0 Å². The molecule has 0 spiro atoms. The summed E-state index contributed by atoms with van der Waals surface area (Å²) in [7, 11) is 1.75. The first-order valence-corrected chi connectivity index (χ1v) is 11.9. The van der Waals surface area contributed by atoms with Gasteiger partial charge in [-0.15, -0.1) is 0 Å². The van der Waals surface area contributed by atoms with Crippen LogP contribution in [0.1, 0.15) is 23.2 Å². The minimum atomic E-state index is -4.54. The molecule has 5 rings (SSSR count). The Morgan fingerprint density at radius 3 is 2.33 bits per heavy atom. The quantitative estimate of drug-likeness (QED) is 0.342. The lowest BCUT2D eigenvalue weighted by Gasteiger charge is -2.34. The van der Waals surface area contributed by atoms with Gasteiger partial charge in [0.15, 0.2) is 23.8 Å². The van der Waals surface area contributed by atoms with Gasteiger partial charge in [0.2, 0.25) is 0 Å². The predicted molar refractivity (Wildman–Crippen MR) is 132 cm³/mol. The minimum absolute atomic E-state index is 0.00328.